The van der Waals surface area contributed by atoms with E-state index in [1.807, 2.05) is 18.4 Å². The maximum atomic E-state index is 5.82. The van der Waals surface area contributed by atoms with E-state index in [1.54, 1.807) is 0 Å². The third-order valence-electron chi connectivity index (χ3n) is 1.90. The molecule has 0 amide bonds. The fourth-order valence-corrected chi connectivity index (χ4v) is 2.01. The summed E-state index contributed by atoms with van der Waals surface area (Å²) in [6, 6.07) is 1.90. The number of aromatic nitrogens is 2. The summed E-state index contributed by atoms with van der Waals surface area (Å²) in [7, 11) is 0. The van der Waals surface area contributed by atoms with Crippen molar-refractivity contribution in [3.8, 4) is 11.3 Å². The topological polar surface area (TPSA) is 54.7 Å². The molecule has 2 heterocycles. The van der Waals surface area contributed by atoms with Crippen LogP contribution in [-0.2, 0) is 0 Å². The number of nitrogen functional groups attached to an aromatic ring is 1. The molecule has 2 rings (SSSR count). The molecule has 0 fully saturated rings. The molecule has 2 aromatic heterocycles. The first kappa shape index (κ1) is 8.59. The molecule has 0 bridgehead atoms. The van der Waals surface area contributed by atoms with Gasteiger partial charge in [0, 0.05) is 16.5 Å². The molecule has 13 heavy (non-hydrogen) atoms. The van der Waals surface area contributed by atoms with Crippen LogP contribution in [0.15, 0.2) is 11.4 Å². The van der Waals surface area contributed by atoms with Crippen LogP contribution in [0.2, 0.25) is 4.34 Å². The van der Waals surface area contributed by atoms with Gasteiger partial charge in [0.25, 0.3) is 0 Å². The Morgan fingerprint density at radius 2 is 2.38 bits per heavy atom. The van der Waals surface area contributed by atoms with Gasteiger partial charge in [-0.05, 0) is 13.0 Å². The van der Waals surface area contributed by atoms with Crippen LogP contribution in [0.25, 0.3) is 11.3 Å². The Morgan fingerprint density at radius 3 is 2.85 bits per heavy atom. The molecular weight excluding hydrogens is 206 g/mol. The van der Waals surface area contributed by atoms with E-state index in [0.717, 1.165) is 21.2 Å². The normalized spacial score (nSPS) is 10.6. The third-order valence-corrected chi connectivity index (χ3v) is 2.99. The van der Waals surface area contributed by atoms with Crippen molar-refractivity contribution in [1.82, 2.24) is 10.2 Å². The van der Waals surface area contributed by atoms with Gasteiger partial charge in [0.2, 0.25) is 0 Å². The van der Waals surface area contributed by atoms with E-state index in [1.165, 1.54) is 11.3 Å². The van der Waals surface area contributed by atoms with Gasteiger partial charge in [-0.3, -0.25) is 5.10 Å². The van der Waals surface area contributed by atoms with Crippen LogP contribution in [0.5, 0.6) is 0 Å². The first-order valence-electron chi connectivity index (χ1n) is 3.73. The van der Waals surface area contributed by atoms with Crippen molar-refractivity contribution in [2.75, 3.05) is 5.73 Å². The number of anilines is 1. The van der Waals surface area contributed by atoms with Crippen LogP contribution < -0.4 is 5.73 Å². The largest absolute Gasteiger partial charge is 0.382 e. The molecule has 2 aromatic rings. The van der Waals surface area contributed by atoms with Crippen molar-refractivity contribution in [2.45, 2.75) is 6.92 Å². The highest BCUT2D eigenvalue weighted by Crippen LogP contribution is 2.30. The molecular formula is C8H8ClN3S. The van der Waals surface area contributed by atoms with Crippen LogP contribution >= 0.6 is 22.9 Å². The summed E-state index contributed by atoms with van der Waals surface area (Å²) >= 11 is 7.32. The Hall–Kier alpha value is -1.00. The summed E-state index contributed by atoms with van der Waals surface area (Å²) in [5, 5.41) is 8.77. The minimum absolute atomic E-state index is 0.539. The predicted molar refractivity (Wildman–Crippen MR) is 56.1 cm³/mol. The lowest BCUT2D eigenvalue weighted by atomic mass is 10.1. The van der Waals surface area contributed by atoms with Crippen molar-refractivity contribution in [1.29, 1.82) is 0 Å². The lowest BCUT2D eigenvalue weighted by Crippen LogP contribution is -1.85. The second-order valence-electron chi connectivity index (χ2n) is 2.75. The predicted octanol–water partition coefficient (Wildman–Crippen LogP) is 2.68. The number of thiophene rings is 1. The highest BCUT2D eigenvalue weighted by Gasteiger charge is 2.09. The zero-order valence-corrected chi connectivity index (χ0v) is 8.54. The van der Waals surface area contributed by atoms with Gasteiger partial charge in [-0.1, -0.05) is 11.6 Å². The van der Waals surface area contributed by atoms with E-state index in [9.17, 15) is 0 Å². The Bertz CT molecular complexity index is 432. The van der Waals surface area contributed by atoms with E-state index in [0.29, 0.717) is 5.82 Å². The highest BCUT2D eigenvalue weighted by atomic mass is 35.5. The van der Waals surface area contributed by atoms with Crippen molar-refractivity contribution in [3.63, 3.8) is 0 Å². The minimum Gasteiger partial charge on any atom is -0.382 e. The minimum atomic E-state index is 0.539. The number of nitrogens with zero attached hydrogens (tertiary/aromatic N) is 1. The molecule has 5 heteroatoms. The summed E-state index contributed by atoms with van der Waals surface area (Å²) < 4.78 is 0.766. The fourth-order valence-electron chi connectivity index (χ4n) is 1.13. The van der Waals surface area contributed by atoms with Gasteiger partial charge >= 0.3 is 0 Å². The molecule has 68 valence electrons. The number of nitrogens with two attached hydrogens (primary N) is 1. The van der Waals surface area contributed by atoms with Gasteiger partial charge in [-0.15, -0.1) is 11.3 Å². The average Bonchev–Trinajstić information content (AvgIpc) is 2.62. The number of hydrogen-bond donors (Lipinski definition) is 2. The maximum Gasteiger partial charge on any atom is 0.148 e. The first-order valence-corrected chi connectivity index (χ1v) is 4.99. The molecule has 0 spiro atoms. The molecule has 0 aliphatic carbocycles. The van der Waals surface area contributed by atoms with Gasteiger partial charge in [-0.25, -0.2) is 0 Å². The zero-order chi connectivity index (χ0) is 9.42. The Kier molecular flexibility index (Phi) is 2.01. The molecule has 3 nitrogen and oxygen atoms in total. The Balaban J connectivity index is 2.52. The number of aromatic amines is 1. The van der Waals surface area contributed by atoms with E-state index in [-0.39, 0.29) is 0 Å². The van der Waals surface area contributed by atoms with Crippen molar-refractivity contribution in [3.05, 3.63) is 21.3 Å². The summed E-state index contributed by atoms with van der Waals surface area (Å²) in [5.41, 5.74) is 8.56. The van der Waals surface area contributed by atoms with Crippen molar-refractivity contribution in [2.24, 2.45) is 0 Å². The fraction of sp³-hybridized carbons (Fsp3) is 0.125. The number of H-pyrrole nitrogens is 1. The number of rotatable bonds is 1. The molecule has 0 saturated heterocycles. The van der Waals surface area contributed by atoms with Gasteiger partial charge in [-0.2, -0.15) is 5.10 Å². The second-order valence-corrected chi connectivity index (χ2v) is 4.29. The van der Waals surface area contributed by atoms with Crippen LogP contribution in [0.3, 0.4) is 0 Å². The molecule has 0 unspecified atom stereocenters. The monoisotopic (exact) mass is 213 g/mol. The van der Waals surface area contributed by atoms with Crippen molar-refractivity contribution < 1.29 is 0 Å². The molecule has 0 saturated carbocycles. The highest BCUT2D eigenvalue weighted by molar-refractivity contribution is 7.14. The quantitative estimate of drug-likeness (QED) is 0.765. The van der Waals surface area contributed by atoms with E-state index < -0.39 is 0 Å². The summed E-state index contributed by atoms with van der Waals surface area (Å²) in [5.74, 6) is 0.539. The smallest absolute Gasteiger partial charge is 0.148 e. The third kappa shape index (κ3) is 1.43. The lowest BCUT2D eigenvalue weighted by Gasteiger charge is -1.92. The van der Waals surface area contributed by atoms with Crippen LogP contribution in [-0.4, -0.2) is 10.2 Å². The molecule has 0 atom stereocenters. The van der Waals surface area contributed by atoms with E-state index >= 15 is 0 Å². The average molecular weight is 214 g/mol. The van der Waals surface area contributed by atoms with Crippen LogP contribution in [0.4, 0.5) is 5.82 Å². The lowest BCUT2D eigenvalue weighted by molar-refractivity contribution is 1.10. The Morgan fingerprint density at radius 1 is 1.62 bits per heavy atom. The number of hydrogen-bond acceptors (Lipinski definition) is 3. The maximum absolute atomic E-state index is 5.82. The number of nitrogens with one attached hydrogen (secondary N) is 1. The van der Waals surface area contributed by atoms with E-state index in [4.69, 9.17) is 17.3 Å². The SMILES string of the molecule is Cc1c(N)n[nH]c1-c1csc(Cl)c1. The summed E-state index contributed by atoms with van der Waals surface area (Å²) in [4.78, 5) is 0. The van der Waals surface area contributed by atoms with E-state index in [2.05, 4.69) is 10.2 Å². The second kappa shape index (κ2) is 3.05. The van der Waals surface area contributed by atoms with Gasteiger partial charge in [0.15, 0.2) is 0 Å². The van der Waals surface area contributed by atoms with Crippen molar-refractivity contribution >= 4 is 28.8 Å². The van der Waals surface area contributed by atoms with Gasteiger partial charge < -0.3 is 5.73 Å². The van der Waals surface area contributed by atoms with Crippen LogP contribution in [0, 0.1) is 6.92 Å². The first-order chi connectivity index (χ1) is 6.18. The molecule has 0 aromatic carbocycles. The summed E-state index contributed by atoms with van der Waals surface area (Å²) in [6.07, 6.45) is 0. The summed E-state index contributed by atoms with van der Waals surface area (Å²) in [6.45, 7) is 1.93. The standard InChI is InChI=1S/C8H8ClN3S/c1-4-7(11-12-8(4)10)5-2-6(9)13-3-5/h2-3H,1H3,(H3,10,11,12). The molecule has 0 aliphatic rings. The van der Waals surface area contributed by atoms with Gasteiger partial charge in [0.1, 0.15) is 5.82 Å². The number of halogens is 1. The molecule has 3 N–H and O–H groups in total. The zero-order valence-electron chi connectivity index (χ0n) is 6.97. The van der Waals surface area contributed by atoms with Crippen LogP contribution in [0.1, 0.15) is 5.56 Å². The molecule has 0 radical (unpaired) electrons. The molecule has 0 aliphatic heterocycles. The Labute approximate surface area is 84.5 Å². The van der Waals surface area contributed by atoms with Gasteiger partial charge in [0.05, 0.1) is 10.0 Å².